The first-order valence-electron chi connectivity index (χ1n) is 17.5. The van der Waals surface area contributed by atoms with Crippen molar-refractivity contribution in [1.29, 1.82) is 0 Å². The minimum atomic E-state index is -4.00. The molecule has 6 rings (SSSR count). The van der Waals surface area contributed by atoms with E-state index in [0.717, 1.165) is 6.42 Å². The minimum Gasteiger partial charge on any atom is -0.497 e. The molecule has 4 aliphatic rings. The van der Waals surface area contributed by atoms with Crippen LogP contribution in [-0.4, -0.2) is 94.6 Å². The maximum Gasteiger partial charge on any atom is 0.405 e. The largest absolute Gasteiger partial charge is 0.497 e. The van der Waals surface area contributed by atoms with E-state index >= 15 is 0 Å². The minimum absolute atomic E-state index is 0.0130. The summed E-state index contributed by atoms with van der Waals surface area (Å²) >= 11 is 0. The lowest BCUT2D eigenvalue weighted by Gasteiger charge is -2.33. The third-order valence-corrected chi connectivity index (χ3v) is 13.1. The van der Waals surface area contributed by atoms with Crippen LogP contribution in [0.4, 0.5) is 4.79 Å². The Kier molecular flexibility index (Phi) is 9.92. The van der Waals surface area contributed by atoms with Gasteiger partial charge in [-0.3, -0.25) is 19.1 Å². The summed E-state index contributed by atoms with van der Waals surface area (Å²) in [7, 11) is -2.47. The molecule has 276 valence electrons. The molecule has 7 atom stereocenters. The van der Waals surface area contributed by atoms with Gasteiger partial charge < -0.3 is 30.1 Å². The Balaban J connectivity index is 1.35. The number of ether oxygens (including phenoxy) is 2. The monoisotopic (exact) mass is 726 g/mol. The number of hydrogen-bond acceptors (Lipinski definition) is 10. The molecule has 1 saturated heterocycles. The van der Waals surface area contributed by atoms with Gasteiger partial charge in [-0.05, 0) is 69.4 Å². The first-order valence-corrected chi connectivity index (χ1v) is 19.0. The number of sulfonamides is 1. The topological polar surface area (TPSA) is 206 Å². The van der Waals surface area contributed by atoms with Gasteiger partial charge in [-0.25, -0.2) is 13.2 Å². The van der Waals surface area contributed by atoms with Gasteiger partial charge in [0.05, 0.1) is 24.6 Å². The summed E-state index contributed by atoms with van der Waals surface area (Å²) in [6.07, 6.45) is 6.67. The molecule has 4 N–H and O–H groups in total. The van der Waals surface area contributed by atoms with Crippen LogP contribution in [-0.2, 0) is 24.4 Å². The lowest BCUT2D eigenvalue weighted by molar-refractivity contribution is -0.142. The zero-order valence-corrected chi connectivity index (χ0v) is 30.1. The maximum atomic E-state index is 14.5. The van der Waals surface area contributed by atoms with Crippen molar-refractivity contribution in [2.24, 2.45) is 17.8 Å². The number of allylic oxidation sites excluding steroid dienone is 1. The van der Waals surface area contributed by atoms with Crippen LogP contribution in [0.15, 0.2) is 36.5 Å². The molecular weight excluding hydrogens is 680 g/mol. The summed E-state index contributed by atoms with van der Waals surface area (Å²) in [5.74, 6) is -1.81. The Hall–Kier alpha value is -4.47. The third kappa shape index (κ3) is 7.32. The lowest BCUT2D eigenvalue weighted by atomic mass is 9.85. The second-order valence-corrected chi connectivity index (χ2v) is 16.9. The molecule has 3 fully saturated rings. The zero-order valence-electron chi connectivity index (χ0n) is 29.3. The van der Waals surface area contributed by atoms with Crippen molar-refractivity contribution in [3.63, 3.8) is 0 Å². The Labute approximate surface area is 296 Å². The van der Waals surface area contributed by atoms with E-state index in [1.807, 2.05) is 26.0 Å². The van der Waals surface area contributed by atoms with E-state index in [-0.39, 0.29) is 31.2 Å². The van der Waals surface area contributed by atoms with Crippen molar-refractivity contribution < 1.29 is 42.2 Å². The molecule has 2 aliphatic carbocycles. The number of carbonyl (C=O) groups is 4. The van der Waals surface area contributed by atoms with Crippen molar-refractivity contribution >= 4 is 44.7 Å². The number of methoxy groups -OCH3 is 1. The number of carbonyl (C=O) groups excluding carboxylic acids is 3. The lowest BCUT2D eigenvalue weighted by Crippen LogP contribution is -2.59. The highest BCUT2D eigenvalue weighted by Crippen LogP contribution is 2.47. The number of aromatic nitrogens is 2. The zero-order chi connectivity index (χ0) is 36.7. The second-order valence-electron chi connectivity index (χ2n) is 14.7. The van der Waals surface area contributed by atoms with Crippen LogP contribution in [0.2, 0.25) is 0 Å². The Morgan fingerprint density at radius 2 is 1.96 bits per heavy atom. The number of benzene rings is 1. The summed E-state index contributed by atoms with van der Waals surface area (Å²) < 4.78 is 39.1. The van der Waals surface area contributed by atoms with E-state index in [1.165, 1.54) is 18.2 Å². The normalized spacial score (nSPS) is 31.2. The molecule has 1 aromatic heterocycles. The van der Waals surface area contributed by atoms with Crippen LogP contribution < -0.4 is 24.8 Å². The molecule has 3 heterocycles. The molecule has 2 saturated carbocycles. The van der Waals surface area contributed by atoms with Gasteiger partial charge >= 0.3 is 6.09 Å². The molecule has 0 radical (unpaired) electrons. The third-order valence-electron chi connectivity index (χ3n) is 11.0. The number of nitrogens with zero attached hydrogens (tertiary/aromatic N) is 3. The molecule has 15 nitrogen and oxygen atoms in total. The van der Waals surface area contributed by atoms with Crippen LogP contribution in [0.3, 0.4) is 0 Å². The average Bonchev–Trinajstić information content (AvgIpc) is 3.97. The summed E-state index contributed by atoms with van der Waals surface area (Å²) in [4.78, 5) is 56.0. The number of amides is 4. The number of fused-ring (bicyclic) bond motifs is 3. The fourth-order valence-corrected chi connectivity index (χ4v) is 8.68. The highest BCUT2D eigenvalue weighted by Gasteiger charge is 2.63. The predicted octanol–water partition coefficient (Wildman–Crippen LogP) is 2.90. The van der Waals surface area contributed by atoms with E-state index in [9.17, 15) is 32.7 Å². The van der Waals surface area contributed by atoms with Gasteiger partial charge in [0.25, 0.3) is 5.91 Å². The number of carboxylic acid groups (broad SMARTS) is 1. The van der Waals surface area contributed by atoms with Gasteiger partial charge in [-0.15, -0.1) is 0 Å². The van der Waals surface area contributed by atoms with E-state index in [0.29, 0.717) is 54.5 Å². The number of nitrogens with one attached hydrogen (secondary N) is 3. The molecule has 0 bridgehead atoms. The Morgan fingerprint density at radius 3 is 2.65 bits per heavy atom. The molecule has 16 heteroatoms. The van der Waals surface area contributed by atoms with Gasteiger partial charge in [-0.1, -0.05) is 32.4 Å². The first-order chi connectivity index (χ1) is 24.2. The fourth-order valence-electron chi connectivity index (χ4n) is 7.36. The standard InChI is InChI=1S/C35H46N6O9S/c1-5-21-14-20(2)8-6-7-9-22-17-35(22,32(44)40-51(47,48)34(3)12-13-34)38-30(42)27-16-24(19-41(27)31(43)29(21)37-33(45)46)50-28-18-36-39-26-15-23(49-4)10-11-25(26)28/h7,9-11,15,18,20-22,24,27,29,37H,5-6,8,12-14,16-17,19H2,1-4H3,(H,38,42)(H,40,44)(H,45,46)/b9-7-/t20-,21-,22-,24-,27+,29+,35-/m1/s1. The van der Waals surface area contributed by atoms with Gasteiger partial charge in [-0.2, -0.15) is 10.2 Å². The molecular formula is C35H46N6O9S. The predicted molar refractivity (Wildman–Crippen MR) is 185 cm³/mol. The SMILES string of the molecule is CC[C@@H]1C[C@H](C)CC/C=C\[C@@H]2C[C@@]2(C(=O)NS(=O)(=O)C2(C)CC2)NC(=O)[C@@H]2C[C@@H](Oc3cnnc4cc(OC)ccc34)CN2C(=O)[C@H]1NC(=O)O. The molecule has 4 amide bonds. The fraction of sp³-hybridized carbons (Fsp3) is 0.600. The quantitative estimate of drug-likeness (QED) is 0.291. The van der Waals surface area contributed by atoms with E-state index in [4.69, 9.17) is 9.47 Å². The highest BCUT2D eigenvalue weighted by molar-refractivity contribution is 7.91. The van der Waals surface area contributed by atoms with E-state index < -0.39 is 68.2 Å². The molecule has 1 aromatic carbocycles. The van der Waals surface area contributed by atoms with Gasteiger partial charge in [0.1, 0.15) is 40.7 Å². The van der Waals surface area contributed by atoms with Crippen LogP contribution in [0.1, 0.15) is 72.1 Å². The first kappa shape index (κ1) is 36.3. The molecule has 0 spiro atoms. The smallest absolute Gasteiger partial charge is 0.405 e. The number of rotatable bonds is 8. The molecule has 51 heavy (non-hydrogen) atoms. The van der Waals surface area contributed by atoms with Gasteiger partial charge in [0, 0.05) is 23.8 Å². The van der Waals surface area contributed by atoms with Crippen molar-refractivity contribution in [3.8, 4) is 11.5 Å². The van der Waals surface area contributed by atoms with Crippen molar-refractivity contribution in [2.75, 3.05) is 13.7 Å². The van der Waals surface area contributed by atoms with E-state index in [2.05, 4.69) is 25.6 Å². The molecule has 2 aliphatic heterocycles. The summed E-state index contributed by atoms with van der Waals surface area (Å²) in [5.41, 5.74) is -1.03. The van der Waals surface area contributed by atoms with Crippen LogP contribution in [0, 0.1) is 17.8 Å². The average molecular weight is 727 g/mol. The Morgan fingerprint density at radius 1 is 1.20 bits per heavy atom. The van der Waals surface area contributed by atoms with Crippen LogP contribution in [0.5, 0.6) is 11.5 Å². The highest BCUT2D eigenvalue weighted by atomic mass is 32.2. The molecule has 2 aromatic rings. The summed E-state index contributed by atoms with van der Waals surface area (Å²) in [6, 6.07) is 2.91. The van der Waals surface area contributed by atoms with Gasteiger partial charge in [0.2, 0.25) is 21.8 Å². The number of hydrogen-bond donors (Lipinski definition) is 4. The van der Waals surface area contributed by atoms with E-state index in [1.54, 1.807) is 25.1 Å². The van der Waals surface area contributed by atoms with Crippen LogP contribution >= 0.6 is 0 Å². The molecule has 0 unspecified atom stereocenters. The van der Waals surface area contributed by atoms with Crippen molar-refractivity contribution in [3.05, 3.63) is 36.5 Å². The second kappa shape index (κ2) is 13.9. The maximum absolute atomic E-state index is 14.5. The summed E-state index contributed by atoms with van der Waals surface area (Å²) in [6.45, 7) is 5.46. The van der Waals surface area contributed by atoms with Crippen LogP contribution in [0.25, 0.3) is 10.9 Å². The van der Waals surface area contributed by atoms with Crippen molar-refractivity contribution in [1.82, 2.24) is 30.5 Å². The van der Waals surface area contributed by atoms with Crippen molar-refractivity contribution in [2.45, 2.75) is 101 Å². The summed E-state index contributed by atoms with van der Waals surface area (Å²) in [5, 5.41) is 24.0. The Bertz CT molecular complexity index is 1850. The van der Waals surface area contributed by atoms with Gasteiger partial charge in [0.15, 0.2) is 0 Å².